The minimum absolute atomic E-state index is 0.174. The fourth-order valence-electron chi connectivity index (χ4n) is 2.14. The molecule has 1 aromatic heterocycles. The van der Waals surface area contributed by atoms with Crippen LogP contribution in [0.15, 0.2) is 0 Å². The van der Waals surface area contributed by atoms with Gasteiger partial charge in [0.25, 0.3) is 5.91 Å². The molecule has 0 saturated heterocycles. The summed E-state index contributed by atoms with van der Waals surface area (Å²) in [7, 11) is 0. The highest BCUT2D eigenvalue weighted by atomic mass is 35.5. The van der Waals surface area contributed by atoms with Crippen LogP contribution in [-0.4, -0.2) is 47.8 Å². The van der Waals surface area contributed by atoms with Crippen LogP contribution >= 0.6 is 22.9 Å². The second-order valence-electron chi connectivity index (χ2n) is 5.37. The van der Waals surface area contributed by atoms with E-state index in [0.717, 1.165) is 11.3 Å². The van der Waals surface area contributed by atoms with Crippen LogP contribution < -0.4 is 5.32 Å². The van der Waals surface area contributed by atoms with Crippen LogP contribution in [0.2, 0.25) is 0 Å². The molecule has 2 amide bonds. The van der Waals surface area contributed by atoms with Gasteiger partial charge in [0.15, 0.2) is 0 Å². The van der Waals surface area contributed by atoms with Gasteiger partial charge in [-0.1, -0.05) is 0 Å². The van der Waals surface area contributed by atoms with Gasteiger partial charge >= 0.3 is 5.97 Å². The maximum absolute atomic E-state index is 12.6. The van der Waals surface area contributed by atoms with Crippen LogP contribution in [-0.2, 0) is 9.53 Å². The zero-order valence-electron chi connectivity index (χ0n) is 14.6. The van der Waals surface area contributed by atoms with E-state index in [1.807, 2.05) is 13.8 Å². The van der Waals surface area contributed by atoms with E-state index in [1.54, 1.807) is 25.7 Å². The fourth-order valence-corrected chi connectivity index (χ4v) is 3.38. The second kappa shape index (κ2) is 9.03. The van der Waals surface area contributed by atoms with Crippen molar-refractivity contribution in [3.8, 4) is 0 Å². The average molecular weight is 375 g/mol. The summed E-state index contributed by atoms with van der Waals surface area (Å²) in [5.41, 5.74) is 0.718. The molecule has 1 aromatic rings. The summed E-state index contributed by atoms with van der Waals surface area (Å²) in [5, 5.41) is 2.87. The topological polar surface area (TPSA) is 75.7 Å². The van der Waals surface area contributed by atoms with Crippen molar-refractivity contribution in [3.63, 3.8) is 0 Å². The van der Waals surface area contributed by atoms with E-state index in [4.69, 9.17) is 16.3 Å². The molecule has 1 rings (SSSR count). The molecule has 0 radical (unpaired) electrons. The number of halogens is 1. The molecule has 0 aliphatic heterocycles. The third-order valence-electron chi connectivity index (χ3n) is 3.31. The monoisotopic (exact) mass is 374 g/mol. The number of esters is 1. The Labute approximate surface area is 151 Å². The number of nitrogens with one attached hydrogen (secondary N) is 1. The molecular formula is C16H23ClN2O4S. The molecule has 0 spiro atoms. The number of thiophene rings is 1. The van der Waals surface area contributed by atoms with Crippen molar-refractivity contribution >= 4 is 45.7 Å². The van der Waals surface area contributed by atoms with Crippen LogP contribution in [0.25, 0.3) is 0 Å². The second-order valence-corrected chi connectivity index (χ2v) is 6.66. The van der Waals surface area contributed by atoms with Gasteiger partial charge in [0, 0.05) is 13.1 Å². The number of rotatable bonds is 7. The standard InChI is InChI=1S/C16H23ClN2O4S/c1-6-19(7-2)15(21)13-10(5)12(16(22)23-9(3)4)14(24-13)18-11(20)8-17/h9H,6-8H2,1-5H3,(H,18,20). The first-order chi connectivity index (χ1) is 11.3. The van der Waals surface area contributed by atoms with Crippen molar-refractivity contribution < 1.29 is 19.1 Å². The van der Waals surface area contributed by atoms with Crippen LogP contribution in [0.3, 0.4) is 0 Å². The summed E-state index contributed by atoms with van der Waals surface area (Å²) in [4.78, 5) is 38.7. The number of hydrogen-bond donors (Lipinski definition) is 1. The lowest BCUT2D eigenvalue weighted by Gasteiger charge is -2.18. The molecular weight excluding hydrogens is 352 g/mol. The largest absolute Gasteiger partial charge is 0.459 e. The number of anilines is 1. The van der Waals surface area contributed by atoms with Crippen molar-refractivity contribution in [2.45, 2.75) is 40.7 Å². The van der Waals surface area contributed by atoms with Gasteiger partial charge in [-0.2, -0.15) is 0 Å². The molecule has 134 valence electrons. The molecule has 0 aliphatic rings. The average Bonchev–Trinajstić information content (AvgIpc) is 2.83. The van der Waals surface area contributed by atoms with E-state index in [0.29, 0.717) is 28.5 Å². The first kappa shape index (κ1) is 20.4. The lowest BCUT2D eigenvalue weighted by atomic mass is 10.1. The van der Waals surface area contributed by atoms with Gasteiger partial charge in [0.2, 0.25) is 5.91 Å². The molecule has 6 nitrogen and oxygen atoms in total. The van der Waals surface area contributed by atoms with Crippen LogP contribution in [0.1, 0.15) is 53.3 Å². The van der Waals surface area contributed by atoms with Crippen molar-refractivity contribution in [2.24, 2.45) is 0 Å². The molecule has 1 N–H and O–H groups in total. The molecule has 1 heterocycles. The summed E-state index contributed by atoms with van der Waals surface area (Å²) in [6.45, 7) is 10.0. The lowest BCUT2D eigenvalue weighted by Crippen LogP contribution is -2.30. The Morgan fingerprint density at radius 1 is 1.25 bits per heavy atom. The normalized spacial score (nSPS) is 10.6. The Kier molecular flexibility index (Phi) is 7.69. The molecule has 0 atom stereocenters. The molecule has 0 unspecified atom stereocenters. The minimum atomic E-state index is -0.567. The number of carbonyl (C=O) groups excluding carboxylic acids is 3. The highest BCUT2D eigenvalue weighted by molar-refractivity contribution is 7.18. The molecule has 0 bridgehead atoms. The predicted octanol–water partition coefficient (Wildman–Crippen LogP) is 3.28. The van der Waals surface area contributed by atoms with Gasteiger partial charge in [0.05, 0.1) is 16.5 Å². The van der Waals surface area contributed by atoms with Gasteiger partial charge in [-0.05, 0) is 40.2 Å². The SMILES string of the molecule is CCN(CC)C(=O)c1sc(NC(=O)CCl)c(C(=O)OC(C)C)c1C. The van der Waals surface area contributed by atoms with Gasteiger partial charge in [-0.15, -0.1) is 22.9 Å². The van der Waals surface area contributed by atoms with E-state index in [1.165, 1.54) is 0 Å². The van der Waals surface area contributed by atoms with Crippen molar-refractivity contribution in [1.82, 2.24) is 4.90 Å². The highest BCUT2D eigenvalue weighted by Gasteiger charge is 2.28. The van der Waals surface area contributed by atoms with E-state index in [-0.39, 0.29) is 23.5 Å². The minimum Gasteiger partial charge on any atom is -0.459 e. The number of hydrogen-bond acceptors (Lipinski definition) is 5. The Bertz CT molecular complexity index is 624. The third kappa shape index (κ3) is 4.70. The Hall–Kier alpha value is -1.60. The molecule has 0 fully saturated rings. The van der Waals surface area contributed by atoms with Crippen molar-refractivity contribution in [1.29, 1.82) is 0 Å². The smallest absolute Gasteiger partial charge is 0.341 e. The highest BCUT2D eigenvalue weighted by Crippen LogP contribution is 2.34. The molecule has 24 heavy (non-hydrogen) atoms. The molecule has 8 heteroatoms. The van der Waals surface area contributed by atoms with Crippen LogP contribution in [0, 0.1) is 6.92 Å². The summed E-state index contributed by atoms with van der Waals surface area (Å²) in [5.74, 6) is -1.43. The van der Waals surface area contributed by atoms with Crippen LogP contribution in [0.4, 0.5) is 5.00 Å². The predicted molar refractivity (Wildman–Crippen MR) is 96.2 cm³/mol. The van der Waals surface area contributed by atoms with E-state index < -0.39 is 11.9 Å². The van der Waals surface area contributed by atoms with Gasteiger partial charge in [0.1, 0.15) is 10.9 Å². The Balaban J connectivity index is 3.35. The number of alkyl halides is 1. The summed E-state index contributed by atoms with van der Waals surface area (Å²) < 4.78 is 5.24. The maximum atomic E-state index is 12.6. The first-order valence-electron chi connectivity index (χ1n) is 7.76. The summed E-state index contributed by atoms with van der Waals surface area (Å²) in [6, 6.07) is 0. The number of carbonyl (C=O) groups is 3. The summed E-state index contributed by atoms with van der Waals surface area (Å²) >= 11 is 6.59. The number of nitrogens with zero attached hydrogens (tertiary/aromatic N) is 1. The number of ether oxygens (including phenoxy) is 1. The van der Waals surface area contributed by atoms with E-state index in [9.17, 15) is 14.4 Å². The van der Waals surface area contributed by atoms with Crippen molar-refractivity contribution in [3.05, 3.63) is 16.0 Å². The van der Waals surface area contributed by atoms with E-state index >= 15 is 0 Å². The first-order valence-corrected chi connectivity index (χ1v) is 9.11. The lowest BCUT2D eigenvalue weighted by molar-refractivity contribution is -0.113. The van der Waals surface area contributed by atoms with Gasteiger partial charge in [-0.3, -0.25) is 9.59 Å². The van der Waals surface area contributed by atoms with Gasteiger partial charge in [-0.25, -0.2) is 4.79 Å². The molecule has 0 saturated carbocycles. The number of amides is 2. The van der Waals surface area contributed by atoms with Gasteiger partial charge < -0.3 is 15.0 Å². The maximum Gasteiger partial charge on any atom is 0.341 e. The molecule has 0 aromatic carbocycles. The summed E-state index contributed by atoms with van der Waals surface area (Å²) in [6.07, 6.45) is -0.310. The quantitative estimate of drug-likeness (QED) is 0.587. The van der Waals surface area contributed by atoms with E-state index in [2.05, 4.69) is 5.32 Å². The van der Waals surface area contributed by atoms with Crippen molar-refractivity contribution in [2.75, 3.05) is 24.3 Å². The zero-order valence-corrected chi connectivity index (χ0v) is 16.1. The Morgan fingerprint density at radius 2 is 1.83 bits per heavy atom. The molecule has 0 aliphatic carbocycles. The van der Waals surface area contributed by atoms with Crippen LogP contribution in [0.5, 0.6) is 0 Å². The Morgan fingerprint density at radius 3 is 2.29 bits per heavy atom. The zero-order chi connectivity index (χ0) is 18.4. The third-order valence-corrected chi connectivity index (χ3v) is 4.75. The fraction of sp³-hybridized carbons (Fsp3) is 0.562.